The van der Waals surface area contributed by atoms with E-state index in [4.69, 9.17) is 5.11 Å². The molecular weight excluding hydrogens is 422 g/mol. The van der Waals surface area contributed by atoms with Gasteiger partial charge in [-0.25, -0.2) is 4.79 Å². The lowest BCUT2D eigenvalue weighted by molar-refractivity contribution is -0.131. The number of carboxylic acids is 1. The molecule has 9 heteroatoms. The monoisotopic (exact) mass is 441 g/mol. The van der Waals surface area contributed by atoms with Crippen LogP contribution in [0.3, 0.4) is 0 Å². The molecular formula is C21H19N3O4S2. The molecule has 0 unspecified atom stereocenters. The number of hydrogen-bond acceptors (Lipinski definition) is 6. The second-order valence-corrected chi connectivity index (χ2v) is 8.71. The first kappa shape index (κ1) is 21.6. The maximum Gasteiger partial charge on any atom is 0.328 e. The van der Waals surface area contributed by atoms with Gasteiger partial charge in [0.05, 0.1) is 11.3 Å². The van der Waals surface area contributed by atoms with Gasteiger partial charge in [-0.05, 0) is 49.4 Å². The smallest absolute Gasteiger partial charge is 0.328 e. The lowest BCUT2D eigenvalue weighted by Gasteiger charge is -2.09. The Morgan fingerprint density at radius 1 is 1.20 bits per heavy atom. The van der Waals surface area contributed by atoms with Gasteiger partial charge in [0.2, 0.25) is 11.8 Å². The number of benzene rings is 1. The molecule has 1 heterocycles. The molecule has 7 nitrogen and oxygen atoms in total. The van der Waals surface area contributed by atoms with E-state index in [2.05, 4.69) is 16.7 Å². The van der Waals surface area contributed by atoms with Crippen LogP contribution in [0.5, 0.6) is 0 Å². The fourth-order valence-corrected chi connectivity index (χ4v) is 5.09. The standard InChI is InChI=1S/C21H19N3O4S2/c22-11-16-15-6-1-2-7-17(15)30-21(16)24-19(26)12-29-14-5-3-4-13(10-14)23-18(25)8-9-20(27)28/h3-5,8-10H,1-2,6-7,12H2,(H,23,25)(H,24,26)(H,27,28)/b9-8+. The third kappa shape index (κ3) is 5.72. The van der Waals surface area contributed by atoms with Crippen molar-refractivity contribution in [2.24, 2.45) is 0 Å². The summed E-state index contributed by atoms with van der Waals surface area (Å²) >= 11 is 2.79. The minimum absolute atomic E-state index is 0.156. The molecule has 0 atom stereocenters. The highest BCUT2D eigenvalue weighted by molar-refractivity contribution is 8.00. The number of thioether (sulfide) groups is 1. The van der Waals surface area contributed by atoms with Crippen molar-refractivity contribution in [2.75, 3.05) is 16.4 Å². The molecule has 2 aromatic rings. The summed E-state index contributed by atoms with van der Waals surface area (Å²) in [4.78, 5) is 36.5. The molecule has 3 N–H and O–H groups in total. The average Bonchev–Trinajstić information content (AvgIpc) is 3.08. The predicted molar refractivity (Wildman–Crippen MR) is 117 cm³/mol. The average molecular weight is 442 g/mol. The van der Waals surface area contributed by atoms with Crippen LogP contribution in [0.25, 0.3) is 0 Å². The zero-order chi connectivity index (χ0) is 21.5. The first-order valence-corrected chi connectivity index (χ1v) is 11.1. The minimum atomic E-state index is -1.20. The number of carbonyl (C=O) groups excluding carboxylic acids is 2. The van der Waals surface area contributed by atoms with E-state index in [1.54, 1.807) is 18.2 Å². The molecule has 0 bridgehead atoms. The van der Waals surface area contributed by atoms with Crippen LogP contribution in [0.2, 0.25) is 0 Å². The molecule has 1 aliphatic rings. The quantitative estimate of drug-likeness (QED) is 0.444. The fourth-order valence-electron chi connectivity index (χ4n) is 3.08. The predicted octanol–water partition coefficient (Wildman–Crippen LogP) is 3.81. The van der Waals surface area contributed by atoms with Crippen LogP contribution in [-0.2, 0) is 27.2 Å². The molecule has 0 radical (unpaired) electrons. The Morgan fingerprint density at radius 2 is 2.00 bits per heavy atom. The van der Waals surface area contributed by atoms with E-state index in [1.165, 1.54) is 28.0 Å². The van der Waals surface area contributed by atoms with E-state index in [0.717, 1.165) is 48.3 Å². The van der Waals surface area contributed by atoms with E-state index in [-0.39, 0.29) is 11.7 Å². The molecule has 30 heavy (non-hydrogen) atoms. The number of carbonyl (C=O) groups is 3. The van der Waals surface area contributed by atoms with E-state index < -0.39 is 11.9 Å². The van der Waals surface area contributed by atoms with Gasteiger partial charge in [-0.15, -0.1) is 23.1 Å². The SMILES string of the molecule is N#Cc1c(NC(=O)CSc2cccc(NC(=O)/C=C/C(=O)O)c2)sc2c1CCCC2. The Labute approximate surface area is 181 Å². The van der Waals surface area contributed by atoms with Crippen LogP contribution in [0, 0.1) is 11.3 Å². The van der Waals surface area contributed by atoms with Gasteiger partial charge >= 0.3 is 5.97 Å². The molecule has 1 aliphatic carbocycles. The van der Waals surface area contributed by atoms with Crippen molar-refractivity contribution in [3.05, 3.63) is 52.4 Å². The molecule has 1 aromatic heterocycles. The van der Waals surface area contributed by atoms with E-state index in [0.29, 0.717) is 16.3 Å². The van der Waals surface area contributed by atoms with Gasteiger partial charge in [0.15, 0.2) is 0 Å². The highest BCUT2D eigenvalue weighted by Gasteiger charge is 2.21. The number of hydrogen-bond donors (Lipinski definition) is 3. The first-order valence-electron chi connectivity index (χ1n) is 9.25. The van der Waals surface area contributed by atoms with Crippen LogP contribution >= 0.6 is 23.1 Å². The molecule has 2 amide bonds. The summed E-state index contributed by atoms with van der Waals surface area (Å²) in [7, 11) is 0. The second kappa shape index (κ2) is 10.1. The van der Waals surface area contributed by atoms with Gasteiger partial charge in [-0.1, -0.05) is 6.07 Å². The summed E-state index contributed by atoms with van der Waals surface area (Å²) in [6.07, 6.45) is 5.72. The van der Waals surface area contributed by atoms with Crippen LogP contribution in [0.15, 0.2) is 41.3 Å². The third-order valence-electron chi connectivity index (χ3n) is 4.38. The normalized spacial score (nSPS) is 12.8. The van der Waals surface area contributed by atoms with Crippen molar-refractivity contribution < 1.29 is 19.5 Å². The number of nitrogens with one attached hydrogen (secondary N) is 2. The summed E-state index contributed by atoms with van der Waals surface area (Å²) in [6, 6.07) is 9.15. The zero-order valence-electron chi connectivity index (χ0n) is 15.9. The maximum absolute atomic E-state index is 12.4. The van der Waals surface area contributed by atoms with Gasteiger partial charge in [0.1, 0.15) is 11.1 Å². The zero-order valence-corrected chi connectivity index (χ0v) is 17.6. The largest absolute Gasteiger partial charge is 0.478 e. The lowest BCUT2D eigenvalue weighted by Crippen LogP contribution is -2.14. The molecule has 0 aliphatic heterocycles. The number of nitriles is 1. The molecule has 0 spiro atoms. The summed E-state index contributed by atoms with van der Waals surface area (Å²) in [5, 5.41) is 24.1. The number of amides is 2. The summed E-state index contributed by atoms with van der Waals surface area (Å²) in [5.41, 5.74) is 2.17. The van der Waals surface area contributed by atoms with Gasteiger partial charge in [0, 0.05) is 27.6 Å². The Balaban J connectivity index is 1.58. The molecule has 0 saturated carbocycles. The van der Waals surface area contributed by atoms with Crippen LogP contribution in [0.4, 0.5) is 10.7 Å². The second-order valence-electron chi connectivity index (χ2n) is 6.55. The van der Waals surface area contributed by atoms with Crippen LogP contribution < -0.4 is 10.6 Å². The number of thiophene rings is 1. The topological polar surface area (TPSA) is 119 Å². The summed E-state index contributed by atoms with van der Waals surface area (Å²) < 4.78 is 0. The fraction of sp³-hybridized carbons (Fsp3) is 0.238. The van der Waals surface area contributed by atoms with Crippen molar-refractivity contribution in [1.82, 2.24) is 0 Å². The Morgan fingerprint density at radius 3 is 2.77 bits per heavy atom. The summed E-state index contributed by atoms with van der Waals surface area (Å²) in [6.45, 7) is 0. The molecule has 0 saturated heterocycles. The van der Waals surface area contributed by atoms with E-state index >= 15 is 0 Å². The number of aryl methyl sites for hydroxylation is 1. The lowest BCUT2D eigenvalue weighted by atomic mass is 9.96. The number of aliphatic carboxylic acids is 1. The van der Waals surface area contributed by atoms with E-state index in [1.807, 2.05) is 6.07 Å². The van der Waals surface area contributed by atoms with Crippen molar-refractivity contribution in [1.29, 1.82) is 5.26 Å². The highest BCUT2D eigenvalue weighted by atomic mass is 32.2. The van der Waals surface area contributed by atoms with Crippen molar-refractivity contribution >= 4 is 51.6 Å². The van der Waals surface area contributed by atoms with Crippen LogP contribution in [0.1, 0.15) is 28.8 Å². The maximum atomic E-state index is 12.4. The first-order chi connectivity index (χ1) is 14.5. The number of fused-ring (bicyclic) bond motifs is 1. The third-order valence-corrected chi connectivity index (χ3v) is 6.59. The number of nitrogens with zero attached hydrogens (tertiary/aromatic N) is 1. The molecule has 0 fully saturated rings. The highest BCUT2D eigenvalue weighted by Crippen LogP contribution is 2.37. The van der Waals surface area contributed by atoms with Gasteiger partial charge in [-0.3, -0.25) is 9.59 Å². The van der Waals surface area contributed by atoms with Gasteiger partial charge < -0.3 is 15.7 Å². The Hall–Kier alpha value is -3.09. The summed E-state index contributed by atoms with van der Waals surface area (Å²) in [5.74, 6) is -1.80. The molecule has 3 rings (SSSR count). The molecule has 154 valence electrons. The van der Waals surface area contributed by atoms with Gasteiger partial charge in [-0.2, -0.15) is 5.26 Å². The van der Waals surface area contributed by atoms with Crippen molar-refractivity contribution in [2.45, 2.75) is 30.6 Å². The number of rotatable bonds is 7. The van der Waals surface area contributed by atoms with Crippen molar-refractivity contribution in [3.8, 4) is 6.07 Å². The van der Waals surface area contributed by atoms with Crippen molar-refractivity contribution in [3.63, 3.8) is 0 Å². The van der Waals surface area contributed by atoms with E-state index in [9.17, 15) is 19.6 Å². The minimum Gasteiger partial charge on any atom is -0.478 e. The Bertz CT molecular complexity index is 1050. The number of anilines is 2. The Kier molecular flexibility index (Phi) is 7.27. The molecule has 1 aromatic carbocycles. The van der Waals surface area contributed by atoms with Crippen LogP contribution in [-0.4, -0.2) is 28.6 Å². The van der Waals surface area contributed by atoms with Gasteiger partial charge in [0.25, 0.3) is 0 Å². The number of carboxylic acid groups (broad SMARTS) is 1.